The van der Waals surface area contributed by atoms with E-state index in [0.717, 1.165) is 19.3 Å². The normalized spacial score (nSPS) is 9.18. The molecule has 0 aromatic rings. The highest BCUT2D eigenvalue weighted by Crippen LogP contribution is 1.94. The van der Waals surface area contributed by atoms with Gasteiger partial charge in [-0.05, 0) is 19.8 Å². The van der Waals surface area contributed by atoms with Crippen molar-refractivity contribution in [1.82, 2.24) is 0 Å². The van der Waals surface area contributed by atoms with Crippen LogP contribution in [0.4, 0.5) is 0 Å². The largest absolute Gasteiger partial charge is 0.478 e. The molecular weight excluding hydrogens is 140 g/mol. The maximum atomic E-state index is 9.97. The molecule has 0 fully saturated rings. The minimum atomic E-state index is -0.883. The van der Waals surface area contributed by atoms with Gasteiger partial charge in [0, 0.05) is 12.5 Å². The third-order valence-corrected chi connectivity index (χ3v) is 1.11. The van der Waals surface area contributed by atoms with Gasteiger partial charge in [0.1, 0.15) is 0 Å². The number of carbonyl (C=O) groups is 1. The Hall–Kier alpha value is -1.23. The van der Waals surface area contributed by atoms with Crippen LogP contribution in [-0.2, 0) is 4.79 Å². The molecule has 0 aliphatic rings. The lowest BCUT2D eigenvalue weighted by Gasteiger charge is -1.85. The molecular formula is C9H12O2. The molecule has 0 aliphatic heterocycles. The maximum absolute atomic E-state index is 9.97. The molecule has 0 bridgehead atoms. The van der Waals surface area contributed by atoms with Crippen LogP contribution in [0.15, 0.2) is 12.2 Å². The van der Waals surface area contributed by atoms with E-state index in [4.69, 9.17) is 5.11 Å². The summed E-state index contributed by atoms with van der Waals surface area (Å²) in [6.07, 6.45) is 5.39. The minimum absolute atomic E-state index is 0.793. The summed E-state index contributed by atoms with van der Waals surface area (Å²) in [5.74, 6) is 4.80. The number of rotatable bonds is 4. The molecule has 2 nitrogen and oxygen atoms in total. The predicted octanol–water partition coefficient (Wildman–Crippen LogP) is 1.82. The Morgan fingerprint density at radius 1 is 1.64 bits per heavy atom. The number of allylic oxidation sites excluding steroid dienone is 1. The Morgan fingerprint density at radius 2 is 2.36 bits per heavy atom. The van der Waals surface area contributed by atoms with Gasteiger partial charge < -0.3 is 5.11 Å². The number of unbranched alkanes of at least 4 members (excludes halogenated alkanes) is 2. The molecule has 2 heteroatoms. The molecule has 0 heterocycles. The first kappa shape index (κ1) is 9.77. The summed E-state index contributed by atoms with van der Waals surface area (Å²) in [4.78, 5) is 9.97. The van der Waals surface area contributed by atoms with Crippen molar-refractivity contribution in [3.8, 4) is 11.8 Å². The number of hydrogen-bond acceptors (Lipinski definition) is 1. The summed E-state index contributed by atoms with van der Waals surface area (Å²) in [6.45, 7) is 1.80. The minimum Gasteiger partial charge on any atom is -0.478 e. The molecule has 0 rings (SSSR count). The molecule has 1 N–H and O–H groups in total. The summed E-state index contributed by atoms with van der Waals surface area (Å²) in [7, 11) is 0. The van der Waals surface area contributed by atoms with Gasteiger partial charge in [-0.3, -0.25) is 0 Å². The zero-order valence-electron chi connectivity index (χ0n) is 6.63. The zero-order chi connectivity index (χ0) is 8.53. The summed E-state index contributed by atoms with van der Waals surface area (Å²) >= 11 is 0. The van der Waals surface area contributed by atoms with Crippen LogP contribution in [0, 0.1) is 11.8 Å². The number of carboxylic acid groups (broad SMARTS) is 1. The van der Waals surface area contributed by atoms with Crippen LogP contribution >= 0.6 is 0 Å². The molecule has 11 heavy (non-hydrogen) atoms. The smallest absolute Gasteiger partial charge is 0.327 e. The summed E-state index contributed by atoms with van der Waals surface area (Å²) in [5.41, 5.74) is 0. The lowest BCUT2D eigenvalue weighted by molar-refractivity contribution is -0.131. The lowest BCUT2D eigenvalue weighted by atomic mass is 10.2. The molecule has 0 unspecified atom stereocenters. The van der Waals surface area contributed by atoms with Crippen molar-refractivity contribution in [3.63, 3.8) is 0 Å². The van der Waals surface area contributed by atoms with Crippen LogP contribution in [0.2, 0.25) is 0 Å². The van der Waals surface area contributed by atoms with Crippen LogP contribution in [0.3, 0.4) is 0 Å². The average molecular weight is 152 g/mol. The van der Waals surface area contributed by atoms with E-state index in [1.54, 1.807) is 13.0 Å². The zero-order valence-corrected chi connectivity index (χ0v) is 6.63. The van der Waals surface area contributed by atoms with Crippen molar-refractivity contribution >= 4 is 5.97 Å². The van der Waals surface area contributed by atoms with Crippen LogP contribution in [0.25, 0.3) is 0 Å². The lowest BCUT2D eigenvalue weighted by Crippen LogP contribution is -1.85. The van der Waals surface area contributed by atoms with Gasteiger partial charge in [0.2, 0.25) is 0 Å². The van der Waals surface area contributed by atoms with Crippen LogP contribution < -0.4 is 0 Å². The second-order valence-electron chi connectivity index (χ2n) is 2.06. The second kappa shape index (κ2) is 6.88. The van der Waals surface area contributed by atoms with Crippen LogP contribution in [0.1, 0.15) is 26.2 Å². The molecule has 0 aromatic carbocycles. The molecule has 0 saturated carbocycles. The Kier molecular flexibility index (Phi) is 6.11. The monoisotopic (exact) mass is 152 g/mol. The molecule has 0 saturated heterocycles. The van der Waals surface area contributed by atoms with Crippen LogP contribution in [0.5, 0.6) is 0 Å². The van der Waals surface area contributed by atoms with Gasteiger partial charge in [-0.1, -0.05) is 6.08 Å². The van der Waals surface area contributed by atoms with Gasteiger partial charge in [-0.2, -0.15) is 0 Å². The molecule has 0 radical (unpaired) electrons. The first-order chi connectivity index (χ1) is 5.27. The van der Waals surface area contributed by atoms with E-state index in [0.29, 0.717) is 0 Å². The van der Waals surface area contributed by atoms with Crippen molar-refractivity contribution in [2.75, 3.05) is 0 Å². The number of aliphatic carboxylic acids is 1. The SMILES string of the molecule is CC#CCCC/C=C/C(=O)O. The Balaban J connectivity index is 3.25. The highest BCUT2D eigenvalue weighted by molar-refractivity contribution is 5.79. The van der Waals surface area contributed by atoms with Crippen molar-refractivity contribution in [1.29, 1.82) is 0 Å². The van der Waals surface area contributed by atoms with E-state index in [1.165, 1.54) is 6.08 Å². The van der Waals surface area contributed by atoms with Crippen molar-refractivity contribution in [2.45, 2.75) is 26.2 Å². The molecule has 60 valence electrons. The van der Waals surface area contributed by atoms with Crippen molar-refractivity contribution in [2.24, 2.45) is 0 Å². The maximum Gasteiger partial charge on any atom is 0.327 e. The fraction of sp³-hybridized carbons (Fsp3) is 0.444. The highest BCUT2D eigenvalue weighted by Gasteiger charge is 1.84. The summed E-state index contributed by atoms with van der Waals surface area (Å²) in [5, 5.41) is 8.20. The van der Waals surface area contributed by atoms with E-state index in [-0.39, 0.29) is 0 Å². The first-order valence-electron chi connectivity index (χ1n) is 3.56. The standard InChI is InChI=1S/C9H12O2/c1-2-3-4-5-6-7-8-9(10)11/h7-8H,4-6H2,1H3,(H,10,11)/b8-7+. The quantitative estimate of drug-likeness (QED) is 0.379. The number of hydrogen-bond donors (Lipinski definition) is 1. The van der Waals surface area contributed by atoms with E-state index >= 15 is 0 Å². The van der Waals surface area contributed by atoms with Gasteiger partial charge in [0.15, 0.2) is 0 Å². The van der Waals surface area contributed by atoms with Crippen molar-refractivity contribution < 1.29 is 9.90 Å². The molecule has 0 aromatic heterocycles. The predicted molar refractivity (Wildman–Crippen MR) is 44.1 cm³/mol. The molecule has 0 aliphatic carbocycles. The summed E-state index contributed by atoms with van der Waals surface area (Å²) < 4.78 is 0. The van der Waals surface area contributed by atoms with Gasteiger partial charge in [0.05, 0.1) is 0 Å². The summed E-state index contributed by atoms with van der Waals surface area (Å²) in [6, 6.07) is 0. The fourth-order valence-electron chi connectivity index (χ4n) is 0.617. The van der Waals surface area contributed by atoms with Crippen LogP contribution in [-0.4, -0.2) is 11.1 Å². The Labute approximate surface area is 66.9 Å². The highest BCUT2D eigenvalue weighted by atomic mass is 16.4. The molecule has 0 amide bonds. The fourth-order valence-corrected chi connectivity index (χ4v) is 0.617. The van der Waals surface area contributed by atoms with E-state index in [9.17, 15) is 4.79 Å². The van der Waals surface area contributed by atoms with Gasteiger partial charge >= 0.3 is 5.97 Å². The van der Waals surface area contributed by atoms with E-state index in [2.05, 4.69) is 11.8 Å². The Bertz CT molecular complexity index is 193. The third kappa shape index (κ3) is 8.77. The second-order valence-corrected chi connectivity index (χ2v) is 2.06. The molecule has 0 atom stereocenters. The number of carboxylic acids is 1. The third-order valence-electron chi connectivity index (χ3n) is 1.11. The molecule has 0 spiro atoms. The van der Waals surface area contributed by atoms with Gasteiger partial charge in [-0.15, -0.1) is 11.8 Å². The van der Waals surface area contributed by atoms with Crippen molar-refractivity contribution in [3.05, 3.63) is 12.2 Å². The van der Waals surface area contributed by atoms with E-state index in [1.807, 2.05) is 0 Å². The van der Waals surface area contributed by atoms with Gasteiger partial charge in [-0.25, -0.2) is 4.79 Å². The average Bonchev–Trinajstić information content (AvgIpc) is 1.96. The van der Waals surface area contributed by atoms with Gasteiger partial charge in [0.25, 0.3) is 0 Å². The topological polar surface area (TPSA) is 37.3 Å². The van der Waals surface area contributed by atoms with E-state index < -0.39 is 5.97 Å². The Morgan fingerprint density at radius 3 is 2.91 bits per heavy atom. The first-order valence-corrected chi connectivity index (χ1v) is 3.56.